The Kier molecular flexibility index (Phi) is 3.45. The lowest BCUT2D eigenvalue weighted by Gasteiger charge is -2.11. The highest BCUT2D eigenvalue weighted by molar-refractivity contribution is 5.90. The van der Waals surface area contributed by atoms with Crippen molar-refractivity contribution in [3.05, 3.63) is 54.6 Å². The third-order valence-electron chi connectivity index (χ3n) is 5.15. The van der Waals surface area contributed by atoms with E-state index in [1.165, 1.54) is 0 Å². The standard InChI is InChI=1S/C19H18N8O/c1-26-11-12(10-22-26)15-16-24-18(25-27(16)9-8-21-15)23-14-4-2-13(3-5-14)19(6-7-19)17(20)28/h2-5,8-11H,6-7H2,1H3,(H2,20,28)(H,23,25). The number of benzene rings is 1. The highest BCUT2D eigenvalue weighted by atomic mass is 16.1. The van der Waals surface area contributed by atoms with E-state index in [2.05, 4.69) is 25.5 Å². The summed E-state index contributed by atoms with van der Waals surface area (Å²) >= 11 is 0. The predicted octanol–water partition coefficient (Wildman–Crippen LogP) is 1.79. The van der Waals surface area contributed by atoms with Gasteiger partial charge in [-0.1, -0.05) is 12.1 Å². The molecule has 0 radical (unpaired) electrons. The molecule has 1 aliphatic carbocycles. The first-order valence-electron chi connectivity index (χ1n) is 8.93. The van der Waals surface area contributed by atoms with Crippen LogP contribution in [0.1, 0.15) is 18.4 Å². The molecule has 3 aromatic heterocycles. The van der Waals surface area contributed by atoms with Crippen LogP contribution in [-0.2, 0) is 17.3 Å². The van der Waals surface area contributed by atoms with Crippen LogP contribution in [0.4, 0.5) is 11.6 Å². The minimum atomic E-state index is -0.482. The van der Waals surface area contributed by atoms with Crippen LogP contribution >= 0.6 is 0 Å². The number of carbonyl (C=O) groups is 1. The molecule has 1 amide bonds. The maximum absolute atomic E-state index is 11.7. The number of nitrogens with one attached hydrogen (secondary N) is 1. The number of carbonyl (C=O) groups excluding carboxylic acids is 1. The van der Waals surface area contributed by atoms with Crippen molar-refractivity contribution in [2.24, 2.45) is 12.8 Å². The highest BCUT2D eigenvalue weighted by Crippen LogP contribution is 2.48. The average molecular weight is 374 g/mol. The summed E-state index contributed by atoms with van der Waals surface area (Å²) in [5.41, 5.74) is 9.07. The normalized spacial score (nSPS) is 14.9. The van der Waals surface area contributed by atoms with Gasteiger partial charge in [0.25, 0.3) is 0 Å². The maximum atomic E-state index is 11.7. The Hall–Kier alpha value is -3.75. The van der Waals surface area contributed by atoms with Gasteiger partial charge in [0.2, 0.25) is 11.9 Å². The molecule has 28 heavy (non-hydrogen) atoms. The lowest BCUT2D eigenvalue weighted by atomic mass is 9.95. The van der Waals surface area contributed by atoms with Gasteiger partial charge in [-0.15, -0.1) is 5.10 Å². The Bertz CT molecular complexity index is 1190. The largest absolute Gasteiger partial charge is 0.369 e. The summed E-state index contributed by atoms with van der Waals surface area (Å²) < 4.78 is 3.40. The molecule has 0 spiro atoms. The van der Waals surface area contributed by atoms with Gasteiger partial charge >= 0.3 is 0 Å². The van der Waals surface area contributed by atoms with Gasteiger partial charge < -0.3 is 11.1 Å². The van der Waals surface area contributed by atoms with Gasteiger partial charge in [0.15, 0.2) is 5.65 Å². The van der Waals surface area contributed by atoms with E-state index in [1.54, 1.807) is 27.8 Å². The first kappa shape index (κ1) is 16.4. The van der Waals surface area contributed by atoms with Crippen molar-refractivity contribution in [2.75, 3.05) is 5.32 Å². The molecule has 0 aliphatic heterocycles. The highest BCUT2D eigenvalue weighted by Gasteiger charge is 2.49. The minimum Gasteiger partial charge on any atom is -0.369 e. The molecule has 9 heteroatoms. The molecule has 0 atom stereocenters. The van der Waals surface area contributed by atoms with Gasteiger partial charge in [0.05, 0.1) is 11.6 Å². The Morgan fingerprint density at radius 3 is 2.68 bits per heavy atom. The third kappa shape index (κ3) is 2.59. The predicted molar refractivity (Wildman–Crippen MR) is 103 cm³/mol. The summed E-state index contributed by atoms with van der Waals surface area (Å²) in [5, 5.41) is 11.9. The number of nitrogens with two attached hydrogens (primary N) is 1. The van der Waals surface area contributed by atoms with Gasteiger partial charge in [-0.2, -0.15) is 10.1 Å². The van der Waals surface area contributed by atoms with Gasteiger partial charge in [-0.3, -0.25) is 14.5 Å². The monoisotopic (exact) mass is 374 g/mol. The molecule has 1 saturated carbocycles. The molecule has 1 aliphatic rings. The molecule has 4 aromatic rings. The zero-order valence-corrected chi connectivity index (χ0v) is 15.2. The summed E-state index contributed by atoms with van der Waals surface area (Å²) in [7, 11) is 1.86. The van der Waals surface area contributed by atoms with Crippen LogP contribution in [0, 0.1) is 0 Å². The number of hydrogen-bond acceptors (Lipinski definition) is 6. The van der Waals surface area contributed by atoms with Crippen molar-refractivity contribution in [2.45, 2.75) is 18.3 Å². The number of hydrogen-bond donors (Lipinski definition) is 2. The Balaban J connectivity index is 1.44. The minimum absolute atomic E-state index is 0.259. The molecule has 140 valence electrons. The van der Waals surface area contributed by atoms with Gasteiger partial charge in [0, 0.05) is 36.9 Å². The Morgan fingerprint density at radius 1 is 1.25 bits per heavy atom. The second-order valence-electron chi connectivity index (χ2n) is 7.03. The summed E-state index contributed by atoms with van der Waals surface area (Å²) in [4.78, 5) is 20.7. The molecule has 9 nitrogen and oxygen atoms in total. The molecule has 0 saturated heterocycles. The second kappa shape index (κ2) is 5.88. The van der Waals surface area contributed by atoms with E-state index in [9.17, 15) is 4.79 Å². The summed E-state index contributed by atoms with van der Waals surface area (Å²) in [5.74, 6) is 0.201. The summed E-state index contributed by atoms with van der Waals surface area (Å²) in [6.07, 6.45) is 8.69. The van der Waals surface area contributed by atoms with Crippen LogP contribution in [0.3, 0.4) is 0 Å². The van der Waals surface area contributed by atoms with E-state index in [-0.39, 0.29) is 5.91 Å². The van der Waals surface area contributed by atoms with Crippen LogP contribution in [0.25, 0.3) is 16.9 Å². The van der Waals surface area contributed by atoms with Crippen LogP contribution in [0.2, 0.25) is 0 Å². The molecule has 3 N–H and O–H groups in total. The summed E-state index contributed by atoms with van der Waals surface area (Å²) in [6.45, 7) is 0. The van der Waals surface area contributed by atoms with Crippen LogP contribution < -0.4 is 11.1 Å². The first-order valence-corrected chi connectivity index (χ1v) is 8.93. The number of nitrogens with zero attached hydrogens (tertiary/aromatic N) is 6. The fourth-order valence-electron chi connectivity index (χ4n) is 3.42. The smallest absolute Gasteiger partial charge is 0.247 e. The lowest BCUT2D eigenvalue weighted by molar-refractivity contribution is -0.120. The van der Waals surface area contributed by atoms with E-state index < -0.39 is 5.41 Å². The molecule has 5 rings (SSSR count). The number of primary amides is 1. The van der Waals surface area contributed by atoms with E-state index >= 15 is 0 Å². The number of rotatable bonds is 5. The molecule has 3 heterocycles. The number of anilines is 2. The molecule has 1 aromatic carbocycles. The molecule has 0 bridgehead atoms. The quantitative estimate of drug-likeness (QED) is 0.550. The zero-order chi connectivity index (χ0) is 19.3. The lowest BCUT2D eigenvalue weighted by Crippen LogP contribution is -2.28. The van der Waals surface area contributed by atoms with Crippen molar-refractivity contribution >= 4 is 23.2 Å². The third-order valence-corrected chi connectivity index (χ3v) is 5.15. The second-order valence-corrected chi connectivity index (χ2v) is 7.03. The van der Waals surface area contributed by atoms with E-state index in [0.717, 1.165) is 29.7 Å². The van der Waals surface area contributed by atoms with Crippen molar-refractivity contribution in [3.63, 3.8) is 0 Å². The maximum Gasteiger partial charge on any atom is 0.247 e. The number of fused-ring (bicyclic) bond motifs is 1. The first-order chi connectivity index (χ1) is 13.5. The van der Waals surface area contributed by atoms with Gasteiger partial charge in [0.1, 0.15) is 5.69 Å². The van der Waals surface area contributed by atoms with Crippen molar-refractivity contribution < 1.29 is 4.79 Å². The SMILES string of the molecule is Cn1cc(-c2nccn3nc(Nc4ccc(C5(C(N)=O)CC5)cc4)nc23)cn1. The summed E-state index contributed by atoms with van der Waals surface area (Å²) in [6, 6.07) is 7.67. The average Bonchev–Trinajstić information content (AvgIpc) is 3.23. The number of amides is 1. The van der Waals surface area contributed by atoms with Crippen molar-refractivity contribution in [1.82, 2.24) is 29.4 Å². The van der Waals surface area contributed by atoms with Crippen molar-refractivity contribution in [3.8, 4) is 11.3 Å². The van der Waals surface area contributed by atoms with Crippen LogP contribution in [0.15, 0.2) is 49.1 Å². The molecule has 1 fully saturated rings. The molecule has 0 unspecified atom stereocenters. The number of aromatic nitrogens is 6. The molecular formula is C19H18N8O. The van der Waals surface area contributed by atoms with E-state index in [0.29, 0.717) is 17.3 Å². The fourth-order valence-corrected chi connectivity index (χ4v) is 3.42. The van der Waals surface area contributed by atoms with E-state index in [4.69, 9.17) is 5.73 Å². The molecular weight excluding hydrogens is 356 g/mol. The van der Waals surface area contributed by atoms with Gasteiger partial charge in [-0.05, 0) is 30.5 Å². The van der Waals surface area contributed by atoms with Crippen LogP contribution in [0.5, 0.6) is 0 Å². The number of aryl methyl sites for hydroxylation is 1. The van der Waals surface area contributed by atoms with Gasteiger partial charge in [-0.25, -0.2) is 4.52 Å². The Morgan fingerprint density at radius 2 is 2.04 bits per heavy atom. The zero-order valence-electron chi connectivity index (χ0n) is 15.2. The fraction of sp³-hybridized carbons (Fsp3) is 0.211. The topological polar surface area (TPSA) is 116 Å². The van der Waals surface area contributed by atoms with E-state index in [1.807, 2.05) is 37.5 Å². The Labute approximate surface area is 160 Å². The van der Waals surface area contributed by atoms with Crippen molar-refractivity contribution in [1.29, 1.82) is 0 Å². The van der Waals surface area contributed by atoms with Crippen LogP contribution in [-0.4, -0.2) is 35.3 Å².